The smallest absolute Gasteiger partial charge is 0.334 e. The summed E-state index contributed by atoms with van der Waals surface area (Å²) in [4.78, 5) is 9.19. The summed E-state index contributed by atoms with van der Waals surface area (Å²) < 4.78 is 23.5. The van der Waals surface area contributed by atoms with Gasteiger partial charge in [-0.05, 0) is 82.9 Å². The minimum Gasteiger partial charge on any atom is -0.395 e. The molecule has 1 aromatic carbocycles. The summed E-state index contributed by atoms with van der Waals surface area (Å²) >= 11 is 0. The van der Waals surface area contributed by atoms with Crippen LogP contribution in [0.15, 0.2) is 34.3 Å². The highest BCUT2D eigenvalue weighted by molar-refractivity contribution is 6.66. The van der Waals surface area contributed by atoms with E-state index < -0.39 is 17.1 Å². The lowest BCUT2D eigenvalue weighted by Crippen LogP contribution is -2.38. The quantitative estimate of drug-likeness (QED) is 0.156. The first-order valence-electron chi connectivity index (χ1n) is 12.1. The number of rotatable bonds is 18. The second-order valence-electron chi connectivity index (χ2n) is 7.95. The van der Waals surface area contributed by atoms with Crippen LogP contribution in [-0.4, -0.2) is 69.1 Å². The molecule has 0 N–H and O–H groups in total. The van der Waals surface area contributed by atoms with Gasteiger partial charge in [-0.25, -0.2) is 0 Å². The van der Waals surface area contributed by atoms with Gasteiger partial charge in [0.1, 0.15) is 0 Å². The highest BCUT2D eigenvalue weighted by Crippen LogP contribution is 2.17. The Morgan fingerprint density at radius 3 is 1.41 bits per heavy atom. The topological polar surface area (TPSA) is 61.6 Å². The standard InChI is InChI=1S/C24H44N2O4Si2/c1-7-27-31(5,28-8-2)18-12-16-25-21-23-14-11-15-24(20-23)22-26-17-13-19-32(6,29-9-3)30-10-4/h11,14-15,20-22H,7-10,12-13,16-19H2,1-6H3/b25-21+,26-22+. The third-order valence-corrected chi connectivity index (χ3v) is 11.1. The zero-order chi connectivity index (χ0) is 23.7. The molecule has 0 radical (unpaired) electrons. The van der Waals surface area contributed by atoms with Crippen LogP contribution >= 0.6 is 0 Å². The number of nitrogens with zero attached hydrogens (tertiary/aromatic N) is 2. The minimum absolute atomic E-state index is 0.709. The summed E-state index contributed by atoms with van der Waals surface area (Å²) in [5.74, 6) is 0. The van der Waals surface area contributed by atoms with E-state index in [-0.39, 0.29) is 0 Å². The first-order chi connectivity index (χ1) is 15.4. The highest BCUT2D eigenvalue weighted by atomic mass is 28.4. The van der Waals surface area contributed by atoms with E-state index >= 15 is 0 Å². The first-order valence-corrected chi connectivity index (χ1v) is 17.1. The maximum absolute atomic E-state index is 5.89. The van der Waals surface area contributed by atoms with Crippen molar-refractivity contribution in [3.05, 3.63) is 35.4 Å². The normalized spacial score (nSPS) is 12.9. The van der Waals surface area contributed by atoms with E-state index in [4.69, 9.17) is 17.7 Å². The van der Waals surface area contributed by atoms with Gasteiger partial charge >= 0.3 is 17.1 Å². The monoisotopic (exact) mass is 480 g/mol. The lowest BCUT2D eigenvalue weighted by atomic mass is 10.1. The minimum atomic E-state index is -2.04. The Morgan fingerprint density at radius 2 is 1.06 bits per heavy atom. The molecule has 182 valence electrons. The van der Waals surface area contributed by atoms with Crippen LogP contribution in [0.3, 0.4) is 0 Å². The van der Waals surface area contributed by atoms with Crippen molar-refractivity contribution in [3.8, 4) is 0 Å². The summed E-state index contributed by atoms with van der Waals surface area (Å²) in [7, 11) is -4.07. The van der Waals surface area contributed by atoms with E-state index in [1.807, 2.05) is 46.2 Å². The van der Waals surface area contributed by atoms with Crippen molar-refractivity contribution >= 4 is 29.6 Å². The fourth-order valence-corrected chi connectivity index (χ4v) is 8.42. The zero-order valence-corrected chi connectivity index (χ0v) is 23.1. The predicted molar refractivity (Wildman–Crippen MR) is 140 cm³/mol. The van der Waals surface area contributed by atoms with Gasteiger partial charge < -0.3 is 17.7 Å². The Labute approximate surface area is 198 Å². The summed E-state index contributed by atoms with van der Waals surface area (Å²) in [6.07, 6.45) is 5.84. The second kappa shape index (κ2) is 16.4. The molecule has 0 spiro atoms. The molecule has 0 aliphatic carbocycles. The van der Waals surface area contributed by atoms with Crippen LogP contribution in [0.5, 0.6) is 0 Å². The maximum Gasteiger partial charge on any atom is 0.334 e. The summed E-state index contributed by atoms with van der Waals surface area (Å²) in [5, 5.41) is 0. The largest absolute Gasteiger partial charge is 0.395 e. The van der Waals surface area contributed by atoms with E-state index in [1.165, 1.54) is 0 Å². The fraction of sp³-hybridized carbons (Fsp3) is 0.667. The molecule has 0 unspecified atom stereocenters. The Hall–Kier alpha value is -1.17. The van der Waals surface area contributed by atoms with Crippen LogP contribution in [0.1, 0.15) is 51.7 Å². The van der Waals surface area contributed by atoms with Crippen molar-refractivity contribution in [2.75, 3.05) is 39.5 Å². The molecule has 0 saturated carbocycles. The van der Waals surface area contributed by atoms with E-state index in [2.05, 4.69) is 41.3 Å². The maximum atomic E-state index is 5.89. The number of hydrogen-bond acceptors (Lipinski definition) is 6. The molecule has 0 atom stereocenters. The lowest BCUT2D eigenvalue weighted by Gasteiger charge is -2.25. The second-order valence-corrected chi connectivity index (χ2v) is 14.6. The van der Waals surface area contributed by atoms with Crippen LogP contribution < -0.4 is 0 Å². The third-order valence-electron chi connectivity index (χ3n) is 5.03. The molecule has 0 bridgehead atoms. The highest BCUT2D eigenvalue weighted by Gasteiger charge is 2.30. The number of hydrogen-bond donors (Lipinski definition) is 0. The lowest BCUT2D eigenvalue weighted by molar-refractivity contribution is 0.188. The molecule has 8 heteroatoms. The van der Waals surface area contributed by atoms with Crippen molar-refractivity contribution in [1.29, 1.82) is 0 Å². The molecule has 0 heterocycles. The number of aliphatic imine (C=N–C) groups is 2. The average molecular weight is 481 g/mol. The molecule has 32 heavy (non-hydrogen) atoms. The Kier molecular flexibility index (Phi) is 14.8. The van der Waals surface area contributed by atoms with Gasteiger partial charge in [-0.15, -0.1) is 0 Å². The van der Waals surface area contributed by atoms with Crippen LogP contribution in [-0.2, 0) is 17.7 Å². The van der Waals surface area contributed by atoms with Gasteiger partial charge in [0.25, 0.3) is 0 Å². The van der Waals surface area contributed by atoms with Gasteiger partial charge in [0.15, 0.2) is 0 Å². The van der Waals surface area contributed by atoms with Crippen molar-refractivity contribution in [2.45, 2.75) is 65.7 Å². The molecule has 0 aliphatic rings. The zero-order valence-electron chi connectivity index (χ0n) is 21.1. The molecule has 0 fully saturated rings. The molecular formula is C24H44N2O4Si2. The molecule has 0 aliphatic heterocycles. The fourth-order valence-electron chi connectivity index (χ4n) is 3.64. The molecule has 1 rings (SSSR count). The third kappa shape index (κ3) is 12.2. The van der Waals surface area contributed by atoms with Crippen LogP contribution in [0.2, 0.25) is 25.2 Å². The van der Waals surface area contributed by atoms with E-state index in [1.54, 1.807) is 0 Å². The van der Waals surface area contributed by atoms with Gasteiger partial charge in [-0.1, -0.05) is 18.2 Å². The van der Waals surface area contributed by atoms with Crippen molar-refractivity contribution in [2.24, 2.45) is 9.98 Å². The van der Waals surface area contributed by atoms with Crippen molar-refractivity contribution in [1.82, 2.24) is 0 Å². The van der Waals surface area contributed by atoms with Crippen molar-refractivity contribution in [3.63, 3.8) is 0 Å². The summed E-state index contributed by atoms with van der Waals surface area (Å²) in [5.41, 5.74) is 2.19. The molecule has 6 nitrogen and oxygen atoms in total. The Balaban J connectivity index is 2.45. The first kappa shape index (κ1) is 28.9. The van der Waals surface area contributed by atoms with Gasteiger partial charge in [0.2, 0.25) is 0 Å². The van der Waals surface area contributed by atoms with Gasteiger partial charge in [0, 0.05) is 51.9 Å². The molecule has 0 amide bonds. The predicted octanol–water partition coefficient (Wildman–Crippen LogP) is 5.59. The Bertz CT molecular complexity index is 620. The van der Waals surface area contributed by atoms with E-state index in [9.17, 15) is 0 Å². The molecule has 0 aromatic heterocycles. The summed E-state index contributed by atoms with van der Waals surface area (Å²) in [6, 6.07) is 10.2. The van der Waals surface area contributed by atoms with Crippen molar-refractivity contribution < 1.29 is 17.7 Å². The Morgan fingerprint density at radius 1 is 0.688 bits per heavy atom. The van der Waals surface area contributed by atoms with Gasteiger partial charge in [-0.2, -0.15) is 0 Å². The van der Waals surface area contributed by atoms with E-state index in [0.717, 1.165) is 49.1 Å². The molecular weight excluding hydrogens is 436 g/mol. The molecule has 0 saturated heterocycles. The van der Waals surface area contributed by atoms with Crippen LogP contribution in [0.25, 0.3) is 0 Å². The van der Waals surface area contributed by atoms with Crippen LogP contribution in [0, 0.1) is 0 Å². The van der Waals surface area contributed by atoms with Gasteiger partial charge in [-0.3, -0.25) is 9.98 Å². The average Bonchev–Trinajstić information content (AvgIpc) is 2.74. The van der Waals surface area contributed by atoms with E-state index in [0.29, 0.717) is 26.4 Å². The molecule has 1 aromatic rings. The summed E-state index contributed by atoms with van der Waals surface area (Å²) in [6.45, 7) is 16.8. The van der Waals surface area contributed by atoms with Gasteiger partial charge in [0.05, 0.1) is 0 Å². The number of benzene rings is 1. The SMILES string of the molecule is CCO[Si](C)(CCC/N=C/c1cccc(/C=N/CCC[Si](C)(OCC)OCC)c1)OCC. The van der Waals surface area contributed by atoms with Crippen LogP contribution in [0.4, 0.5) is 0 Å².